The lowest BCUT2D eigenvalue weighted by atomic mass is 10.1. The summed E-state index contributed by atoms with van der Waals surface area (Å²) in [6, 6.07) is 13.0. The normalized spacial score (nSPS) is 12.2. The second kappa shape index (κ2) is 6.37. The van der Waals surface area contributed by atoms with Crippen LogP contribution in [0.1, 0.15) is 24.1 Å². The summed E-state index contributed by atoms with van der Waals surface area (Å²) in [5.74, 6) is -0.241. The van der Waals surface area contributed by atoms with E-state index in [4.69, 9.17) is 5.73 Å². The van der Waals surface area contributed by atoms with Gasteiger partial charge in [0.05, 0.1) is 5.69 Å². The van der Waals surface area contributed by atoms with Crippen molar-refractivity contribution < 1.29 is 4.39 Å². The molecule has 0 saturated heterocycles. The van der Waals surface area contributed by atoms with Crippen LogP contribution in [-0.4, -0.2) is 7.05 Å². The summed E-state index contributed by atoms with van der Waals surface area (Å²) in [6.45, 7) is 2.48. The summed E-state index contributed by atoms with van der Waals surface area (Å²) in [7, 11) is 1.88. The molecular formula is C16H18BrFN2. The van der Waals surface area contributed by atoms with E-state index in [1.54, 1.807) is 6.07 Å². The van der Waals surface area contributed by atoms with Crippen LogP contribution in [0.25, 0.3) is 0 Å². The van der Waals surface area contributed by atoms with E-state index >= 15 is 0 Å². The van der Waals surface area contributed by atoms with Gasteiger partial charge in [-0.15, -0.1) is 0 Å². The highest BCUT2D eigenvalue weighted by molar-refractivity contribution is 9.10. The van der Waals surface area contributed by atoms with Crippen molar-refractivity contribution in [3.05, 3.63) is 63.9 Å². The van der Waals surface area contributed by atoms with Crippen molar-refractivity contribution >= 4 is 21.6 Å². The van der Waals surface area contributed by atoms with Crippen LogP contribution in [0.2, 0.25) is 0 Å². The zero-order chi connectivity index (χ0) is 14.7. The van der Waals surface area contributed by atoms with Crippen molar-refractivity contribution in [2.24, 2.45) is 5.73 Å². The summed E-state index contributed by atoms with van der Waals surface area (Å²) >= 11 is 3.51. The number of anilines is 1. The topological polar surface area (TPSA) is 29.3 Å². The Bertz CT molecular complexity index is 599. The minimum atomic E-state index is -0.241. The van der Waals surface area contributed by atoms with Crippen LogP contribution in [-0.2, 0) is 6.54 Å². The van der Waals surface area contributed by atoms with Crippen molar-refractivity contribution in [1.82, 2.24) is 0 Å². The molecule has 4 heteroatoms. The first kappa shape index (κ1) is 15.0. The van der Waals surface area contributed by atoms with Crippen molar-refractivity contribution in [2.75, 3.05) is 11.9 Å². The molecule has 0 fully saturated rings. The molecule has 2 rings (SSSR count). The fourth-order valence-electron chi connectivity index (χ4n) is 2.08. The Hall–Kier alpha value is -1.39. The van der Waals surface area contributed by atoms with E-state index in [0.29, 0.717) is 12.2 Å². The molecule has 1 atom stereocenters. The van der Waals surface area contributed by atoms with Crippen molar-refractivity contribution in [1.29, 1.82) is 0 Å². The molecule has 0 aliphatic rings. The van der Waals surface area contributed by atoms with Crippen molar-refractivity contribution in [3.63, 3.8) is 0 Å². The maximum absolute atomic E-state index is 14.2. The highest BCUT2D eigenvalue weighted by atomic mass is 79.9. The highest BCUT2D eigenvalue weighted by Gasteiger charge is 2.11. The number of nitrogens with zero attached hydrogens (tertiary/aromatic N) is 1. The molecule has 0 amide bonds. The molecule has 0 bridgehead atoms. The van der Waals surface area contributed by atoms with Gasteiger partial charge >= 0.3 is 0 Å². The van der Waals surface area contributed by atoms with E-state index in [1.807, 2.05) is 49.2 Å². The average Bonchev–Trinajstić information content (AvgIpc) is 2.41. The van der Waals surface area contributed by atoms with Gasteiger partial charge in [-0.05, 0) is 36.2 Å². The zero-order valence-corrected chi connectivity index (χ0v) is 13.2. The fraction of sp³-hybridized carbons (Fsp3) is 0.250. The largest absolute Gasteiger partial charge is 0.368 e. The summed E-state index contributed by atoms with van der Waals surface area (Å²) < 4.78 is 15.2. The molecule has 0 saturated carbocycles. The molecule has 2 nitrogen and oxygen atoms in total. The molecule has 2 aromatic rings. The molecule has 0 aromatic heterocycles. The third-order valence-electron chi connectivity index (χ3n) is 3.27. The quantitative estimate of drug-likeness (QED) is 0.904. The predicted octanol–water partition coefficient (Wildman–Crippen LogP) is 4.24. The third-order valence-corrected chi connectivity index (χ3v) is 4.05. The van der Waals surface area contributed by atoms with Crippen LogP contribution >= 0.6 is 15.9 Å². The lowest BCUT2D eigenvalue weighted by molar-refractivity contribution is 0.617. The van der Waals surface area contributed by atoms with Crippen LogP contribution in [0.4, 0.5) is 10.1 Å². The van der Waals surface area contributed by atoms with Gasteiger partial charge in [-0.25, -0.2) is 4.39 Å². The van der Waals surface area contributed by atoms with Gasteiger partial charge in [0.1, 0.15) is 5.82 Å². The van der Waals surface area contributed by atoms with Crippen LogP contribution in [0, 0.1) is 5.82 Å². The molecule has 20 heavy (non-hydrogen) atoms. The third kappa shape index (κ3) is 3.38. The summed E-state index contributed by atoms with van der Waals surface area (Å²) in [5, 5.41) is 0. The molecular weight excluding hydrogens is 319 g/mol. The van der Waals surface area contributed by atoms with E-state index in [0.717, 1.165) is 15.6 Å². The maximum atomic E-state index is 14.2. The van der Waals surface area contributed by atoms with Gasteiger partial charge in [0.15, 0.2) is 0 Å². The average molecular weight is 337 g/mol. The van der Waals surface area contributed by atoms with Crippen LogP contribution in [0.5, 0.6) is 0 Å². The number of rotatable bonds is 4. The second-order valence-corrected chi connectivity index (χ2v) is 5.80. The Morgan fingerprint density at radius 2 is 1.95 bits per heavy atom. The summed E-state index contributed by atoms with van der Waals surface area (Å²) in [5.41, 5.74) is 8.26. The Labute approximate surface area is 127 Å². The summed E-state index contributed by atoms with van der Waals surface area (Å²) in [4.78, 5) is 1.89. The van der Waals surface area contributed by atoms with Gasteiger partial charge in [-0.2, -0.15) is 0 Å². The molecule has 0 heterocycles. The molecule has 0 spiro atoms. The van der Waals surface area contributed by atoms with Crippen molar-refractivity contribution in [2.45, 2.75) is 19.5 Å². The molecule has 0 aliphatic heterocycles. The van der Waals surface area contributed by atoms with Gasteiger partial charge in [0.25, 0.3) is 0 Å². The van der Waals surface area contributed by atoms with Crippen LogP contribution in [0.15, 0.2) is 46.9 Å². The Morgan fingerprint density at radius 3 is 2.55 bits per heavy atom. The minimum Gasteiger partial charge on any atom is -0.368 e. The Balaban J connectivity index is 2.21. The molecule has 2 N–H and O–H groups in total. The number of hydrogen-bond acceptors (Lipinski definition) is 2. The molecule has 2 aromatic carbocycles. The van der Waals surface area contributed by atoms with Gasteiger partial charge < -0.3 is 10.6 Å². The molecule has 106 valence electrons. The standard InChI is InChI=1S/C16H18BrFN2/c1-11(19)12-7-8-16(15(18)9-12)20(2)10-13-5-3-4-6-14(13)17/h3-9,11H,10,19H2,1-2H3. The number of hydrogen-bond donors (Lipinski definition) is 1. The van der Waals surface area contributed by atoms with E-state index in [2.05, 4.69) is 15.9 Å². The SMILES string of the molecule is CC(N)c1ccc(N(C)Cc2ccccc2Br)c(F)c1. The fourth-order valence-corrected chi connectivity index (χ4v) is 2.49. The Morgan fingerprint density at radius 1 is 1.25 bits per heavy atom. The van der Waals surface area contributed by atoms with Gasteiger partial charge in [-0.1, -0.05) is 40.2 Å². The summed E-state index contributed by atoms with van der Waals surface area (Å²) in [6.07, 6.45) is 0. The molecule has 0 aliphatic carbocycles. The maximum Gasteiger partial charge on any atom is 0.146 e. The lowest BCUT2D eigenvalue weighted by Gasteiger charge is -2.21. The number of halogens is 2. The smallest absolute Gasteiger partial charge is 0.146 e. The number of nitrogens with two attached hydrogens (primary N) is 1. The van der Waals surface area contributed by atoms with Gasteiger partial charge in [0.2, 0.25) is 0 Å². The first-order chi connectivity index (χ1) is 9.49. The zero-order valence-electron chi connectivity index (χ0n) is 11.6. The lowest BCUT2D eigenvalue weighted by Crippen LogP contribution is -2.18. The van der Waals surface area contributed by atoms with E-state index < -0.39 is 0 Å². The second-order valence-electron chi connectivity index (χ2n) is 4.95. The first-order valence-electron chi connectivity index (χ1n) is 6.48. The minimum absolute atomic E-state index is 0.160. The van der Waals surface area contributed by atoms with Crippen LogP contribution in [0.3, 0.4) is 0 Å². The van der Waals surface area contributed by atoms with E-state index in [9.17, 15) is 4.39 Å². The van der Waals surface area contributed by atoms with Gasteiger partial charge in [-0.3, -0.25) is 0 Å². The molecule has 0 radical (unpaired) electrons. The number of benzene rings is 2. The molecule has 1 unspecified atom stereocenters. The van der Waals surface area contributed by atoms with E-state index in [-0.39, 0.29) is 11.9 Å². The monoisotopic (exact) mass is 336 g/mol. The predicted molar refractivity (Wildman–Crippen MR) is 85.3 cm³/mol. The van der Waals surface area contributed by atoms with Crippen LogP contribution < -0.4 is 10.6 Å². The van der Waals surface area contributed by atoms with E-state index in [1.165, 1.54) is 6.07 Å². The highest BCUT2D eigenvalue weighted by Crippen LogP contribution is 2.25. The first-order valence-corrected chi connectivity index (χ1v) is 7.28. The van der Waals surface area contributed by atoms with Gasteiger partial charge in [0, 0.05) is 24.1 Å². The van der Waals surface area contributed by atoms with Crippen molar-refractivity contribution in [3.8, 4) is 0 Å². The Kier molecular flexibility index (Phi) is 4.78.